The van der Waals surface area contributed by atoms with Gasteiger partial charge in [-0.2, -0.15) is 0 Å². The van der Waals surface area contributed by atoms with Crippen LogP contribution in [0.1, 0.15) is 36.3 Å². The predicted octanol–water partition coefficient (Wildman–Crippen LogP) is 1.56. The van der Waals surface area contributed by atoms with Crippen molar-refractivity contribution in [3.05, 3.63) is 41.5 Å². The Labute approximate surface area is 144 Å². The molecule has 1 heterocycles. The molecule has 0 aromatic heterocycles. The molecule has 1 aromatic carbocycles. The van der Waals surface area contributed by atoms with Crippen LogP contribution in [0.3, 0.4) is 0 Å². The zero-order valence-corrected chi connectivity index (χ0v) is 15.1. The summed E-state index contributed by atoms with van der Waals surface area (Å²) in [6.45, 7) is 0.462. The van der Waals surface area contributed by atoms with Crippen molar-refractivity contribution in [2.24, 2.45) is 0 Å². The molecule has 1 fully saturated rings. The van der Waals surface area contributed by atoms with Crippen molar-refractivity contribution in [2.75, 3.05) is 26.5 Å². The molecule has 1 aromatic rings. The maximum absolute atomic E-state index is 11.6. The van der Waals surface area contributed by atoms with Crippen LogP contribution >= 0.6 is 0 Å². The summed E-state index contributed by atoms with van der Waals surface area (Å²) in [5.74, 6) is 0.130. The van der Waals surface area contributed by atoms with E-state index in [1.165, 1.54) is 28.1 Å². The number of aliphatic hydroxyl groups is 1. The van der Waals surface area contributed by atoms with E-state index in [9.17, 15) is 13.5 Å². The number of nitrogens with zero attached hydrogens (tertiary/aromatic N) is 1. The average Bonchev–Trinajstić information content (AvgIpc) is 3.05. The highest BCUT2D eigenvalue weighted by molar-refractivity contribution is 7.88. The zero-order valence-electron chi connectivity index (χ0n) is 14.3. The van der Waals surface area contributed by atoms with Crippen molar-refractivity contribution in [1.29, 1.82) is 0 Å². The molecule has 1 aliphatic carbocycles. The summed E-state index contributed by atoms with van der Waals surface area (Å²) in [5, 5.41) is 12.8. The summed E-state index contributed by atoms with van der Waals surface area (Å²) < 4.78 is 24.6. The maximum Gasteiger partial charge on any atom is 0.211 e. The molecule has 0 bridgehead atoms. The van der Waals surface area contributed by atoms with Crippen LogP contribution in [-0.4, -0.2) is 56.4 Å². The fourth-order valence-electron chi connectivity index (χ4n) is 3.71. The second kappa shape index (κ2) is 6.96. The Hall–Kier alpha value is -1.21. The second-order valence-corrected chi connectivity index (χ2v) is 8.96. The summed E-state index contributed by atoms with van der Waals surface area (Å²) in [7, 11) is -1.61. The van der Waals surface area contributed by atoms with E-state index >= 15 is 0 Å². The van der Waals surface area contributed by atoms with Crippen molar-refractivity contribution < 1.29 is 13.5 Å². The van der Waals surface area contributed by atoms with E-state index in [2.05, 4.69) is 35.7 Å². The molecule has 24 heavy (non-hydrogen) atoms. The Balaban J connectivity index is 1.74. The van der Waals surface area contributed by atoms with Gasteiger partial charge in [-0.15, -0.1) is 0 Å². The molecule has 0 radical (unpaired) electrons. The average molecular weight is 350 g/mol. The lowest BCUT2D eigenvalue weighted by Crippen LogP contribution is -2.64. The van der Waals surface area contributed by atoms with Crippen LogP contribution in [0.2, 0.25) is 0 Å². The van der Waals surface area contributed by atoms with Crippen molar-refractivity contribution in [3.8, 4) is 0 Å². The molecule has 3 rings (SSSR count). The fraction of sp³-hybridized carbons (Fsp3) is 0.556. The lowest BCUT2D eigenvalue weighted by Gasteiger charge is -2.47. The van der Waals surface area contributed by atoms with Crippen LogP contribution in [0.15, 0.2) is 30.3 Å². The minimum atomic E-state index is -3.20. The summed E-state index contributed by atoms with van der Waals surface area (Å²) >= 11 is 0. The van der Waals surface area contributed by atoms with Crippen LogP contribution < -0.4 is 5.32 Å². The number of benzene rings is 1. The van der Waals surface area contributed by atoms with Gasteiger partial charge in [-0.05, 0) is 36.0 Å². The van der Waals surface area contributed by atoms with E-state index in [0.717, 1.165) is 18.4 Å². The first-order valence-electron chi connectivity index (χ1n) is 8.47. The minimum Gasteiger partial charge on any atom is -0.395 e. The summed E-state index contributed by atoms with van der Waals surface area (Å²) in [5.41, 5.74) is 3.84. The third-order valence-corrected chi connectivity index (χ3v) is 6.50. The summed E-state index contributed by atoms with van der Waals surface area (Å²) in [6, 6.07) is 8.55. The highest BCUT2D eigenvalue weighted by atomic mass is 32.2. The van der Waals surface area contributed by atoms with E-state index in [1.807, 2.05) is 0 Å². The predicted molar refractivity (Wildman–Crippen MR) is 96.3 cm³/mol. The number of allylic oxidation sites excluding steroid dienone is 2. The van der Waals surface area contributed by atoms with E-state index in [4.69, 9.17) is 0 Å². The molecule has 132 valence electrons. The van der Waals surface area contributed by atoms with E-state index < -0.39 is 10.0 Å². The number of sulfonamides is 1. The number of rotatable bonds is 6. The van der Waals surface area contributed by atoms with E-state index in [0.29, 0.717) is 6.54 Å². The molecule has 1 aliphatic heterocycles. The number of likely N-dealkylation sites (N-methyl/N-ethyl adjacent to an activating group) is 1. The highest BCUT2D eigenvalue weighted by Gasteiger charge is 2.42. The number of nitrogens with one attached hydrogen (secondary N) is 1. The first-order chi connectivity index (χ1) is 11.4. The number of hydrogen-bond donors (Lipinski definition) is 2. The van der Waals surface area contributed by atoms with Crippen LogP contribution in [0.4, 0.5) is 0 Å². The van der Waals surface area contributed by atoms with Gasteiger partial charge >= 0.3 is 0 Å². The molecule has 0 amide bonds. The third-order valence-electron chi connectivity index (χ3n) is 5.22. The van der Waals surface area contributed by atoms with Gasteiger partial charge in [-0.25, -0.2) is 12.7 Å². The number of hydrogen-bond acceptors (Lipinski definition) is 4. The molecule has 1 saturated heterocycles. The molecule has 0 saturated carbocycles. The second-order valence-electron chi connectivity index (χ2n) is 6.88. The van der Waals surface area contributed by atoms with Crippen molar-refractivity contribution >= 4 is 15.6 Å². The van der Waals surface area contributed by atoms with Crippen LogP contribution in [-0.2, 0) is 10.0 Å². The van der Waals surface area contributed by atoms with Gasteiger partial charge in [0, 0.05) is 31.6 Å². The van der Waals surface area contributed by atoms with Crippen LogP contribution in [0.25, 0.3) is 5.57 Å². The third kappa shape index (κ3) is 3.57. The molecule has 0 spiro atoms. The van der Waals surface area contributed by atoms with Gasteiger partial charge in [-0.3, -0.25) is 0 Å². The van der Waals surface area contributed by atoms with Crippen molar-refractivity contribution in [3.63, 3.8) is 0 Å². The lowest BCUT2D eigenvalue weighted by atomic mass is 9.77. The molecule has 2 aliphatic rings. The number of aliphatic hydroxyl groups excluding tert-OH is 1. The Bertz CT molecular complexity index is 712. The van der Waals surface area contributed by atoms with Gasteiger partial charge in [-0.1, -0.05) is 30.3 Å². The summed E-state index contributed by atoms with van der Waals surface area (Å²) in [4.78, 5) is 0. The van der Waals surface area contributed by atoms with Gasteiger partial charge in [0.25, 0.3) is 0 Å². The van der Waals surface area contributed by atoms with Gasteiger partial charge in [0.15, 0.2) is 0 Å². The quantitative estimate of drug-likeness (QED) is 0.817. The molecule has 6 heteroatoms. The molecule has 2 N–H and O–H groups in total. The van der Waals surface area contributed by atoms with E-state index in [-0.39, 0.29) is 24.6 Å². The van der Waals surface area contributed by atoms with E-state index in [1.54, 1.807) is 7.05 Å². The molecular formula is C18H26N2O3S. The topological polar surface area (TPSA) is 69.6 Å². The smallest absolute Gasteiger partial charge is 0.211 e. The molecular weight excluding hydrogens is 324 g/mol. The zero-order chi connectivity index (χ0) is 17.3. The van der Waals surface area contributed by atoms with Gasteiger partial charge in [0.05, 0.1) is 12.9 Å². The largest absolute Gasteiger partial charge is 0.395 e. The van der Waals surface area contributed by atoms with Gasteiger partial charge < -0.3 is 10.4 Å². The highest BCUT2D eigenvalue weighted by Crippen LogP contribution is 2.34. The lowest BCUT2D eigenvalue weighted by molar-refractivity contribution is 0.118. The molecule has 0 unspecified atom stereocenters. The summed E-state index contributed by atoms with van der Waals surface area (Å²) in [6.07, 6.45) is 7.06. The minimum absolute atomic E-state index is 0.0143. The van der Waals surface area contributed by atoms with Crippen molar-refractivity contribution in [2.45, 2.75) is 37.3 Å². The maximum atomic E-state index is 11.6. The normalized spacial score (nSPS) is 27.2. The SMILES string of the molecule is CN(C[C@H]1N[C@@H](CO)[C@H]1c1ccc(C2=CCCC2)cc1)S(C)(=O)=O. The van der Waals surface area contributed by atoms with Crippen LogP contribution in [0, 0.1) is 0 Å². The standard InChI is InChI=1S/C18H26N2O3S/c1-20(24(2,22)23)11-16-18(17(12-21)19-16)15-9-7-14(8-10-15)13-5-3-4-6-13/h5,7-10,16-19,21H,3-4,6,11-12H2,1-2H3/t16-,17+,18+/m1/s1. The fourth-order valence-corrected chi connectivity index (χ4v) is 4.14. The van der Waals surface area contributed by atoms with Crippen LogP contribution in [0.5, 0.6) is 0 Å². The Morgan fingerprint density at radius 2 is 1.96 bits per heavy atom. The van der Waals surface area contributed by atoms with Crippen molar-refractivity contribution in [1.82, 2.24) is 9.62 Å². The Kier molecular flexibility index (Phi) is 5.11. The van der Waals surface area contributed by atoms with Gasteiger partial charge in [0.1, 0.15) is 0 Å². The Morgan fingerprint density at radius 1 is 1.25 bits per heavy atom. The molecule has 5 nitrogen and oxygen atoms in total. The first-order valence-corrected chi connectivity index (χ1v) is 10.3. The first kappa shape index (κ1) is 17.6. The van der Waals surface area contributed by atoms with Gasteiger partial charge in [0.2, 0.25) is 10.0 Å². The Morgan fingerprint density at radius 3 is 2.50 bits per heavy atom. The molecule has 3 atom stereocenters. The monoisotopic (exact) mass is 350 g/mol.